The normalized spacial score (nSPS) is 11.4. The molecule has 0 saturated carbocycles. The maximum Gasteiger partial charge on any atom is 0.488 e. The van der Waals surface area contributed by atoms with Gasteiger partial charge in [0.1, 0.15) is 0 Å². The Morgan fingerprint density at radius 1 is 0.714 bits per heavy atom. The van der Waals surface area contributed by atoms with Gasteiger partial charge in [-0.3, -0.25) is 9.98 Å². The van der Waals surface area contributed by atoms with Crippen molar-refractivity contribution in [3.05, 3.63) is 59.7 Å². The van der Waals surface area contributed by atoms with Crippen LogP contribution in [0.25, 0.3) is 0 Å². The lowest BCUT2D eigenvalue weighted by atomic mass is 9.80. The molecule has 0 bridgehead atoms. The molecule has 146 valence electrons. The van der Waals surface area contributed by atoms with E-state index in [9.17, 15) is 0 Å². The zero-order valence-corrected chi connectivity index (χ0v) is 16.9. The van der Waals surface area contributed by atoms with Crippen molar-refractivity contribution in [1.82, 2.24) is 0 Å². The second kappa shape index (κ2) is 12.8. The average Bonchev–Trinajstić information content (AvgIpc) is 2.69. The fourth-order valence-corrected chi connectivity index (χ4v) is 3.99. The largest absolute Gasteiger partial charge is 0.488 e. The highest BCUT2D eigenvalue weighted by molar-refractivity contribution is 8.76. The first kappa shape index (κ1) is 22.7. The Kier molecular flexibility index (Phi) is 10.4. The molecule has 0 heterocycles. The molecule has 0 aromatic heterocycles. The molecular formula is C18H22B2N2O4S2. The lowest BCUT2D eigenvalue weighted by molar-refractivity contribution is 0.424. The van der Waals surface area contributed by atoms with E-state index in [2.05, 4.69) is 9.98 Å². The Morgan fingerprint density at radius 2 is 1.14 bits per heavy atom. The number of aliphatic imine (C=N–C) groups is 2. The summed E-state index contributed by atoms with van der Waals surface area (Å²) in [4.78, 5) is 8.69. The number of benzene rings is 2. The molecule has 28 heavy (non-hydrogen) atoms. The molecule has 0 atom stereocenters. The first-order chi connectivity index (χ1) is 13.6. The van der Waals surface area contributed by atoms with Crippen LogP contribution in [0.15, 0.2) is 58.5 Å². The van der Waals surface area contributed by atoms with Crippen LogP contribution in [0.1, 0.15) is 11.1 Å². The lowest BCUT2D eigenvalue weighted by Gasteiger charge is -2.01. The Labute approximate surface area is 173 Å². The third-order valence-electron chi connectivity index (χ3n) is 3.59. The van der Waals surface area contributed by atoms with E-state index in [1.807, 2.05) is 12.1 Å². The van der Waals surface area contributed by atoms with Crippen LogP contribution >= 0.6 is 21.6 Å². The van der Waals surface area contributed by atoms with E-state index >= 15 is 0 Å². The molecule has 0 saturated heterocycles. The predicted molar refractivity (Wildman–Crippen MR) is 122 cm³/mol. The third kappa shape index (κ3) is 8.64. The van der Waals surface area contributed by atoms with Gasteiger partial charge in [-0.2, -0.15) is 0 Å². The van der Waals surface area contributed by atoms with E-state index in [4.69, 9.17) is 20.1 Å². The van der Waals surface area contributed by atoms with Gasteiger partial charge < -0.3 is 20.1 Å². The molecule has 0 spiro atoms. The van der Waals surface area contributed by atoms with Gasteiger partial charge in [-0.05, 0) is 22.1 Å². The highest BCUT2D eigenvalue weighted by atomic mass is 33.1. The summed E-state index contributed by atoms with van der Waals surface area (Å²) >= 11 is 0. The maximum absolute atomic E-state index is 9.15. The molecule has 10 heteroatoms. The van der Waals surface area contributed by atoms with E-state index in [1.165, 1.54) is 0 Å². The fourth-order valence-electron chi connectivity index (χ4n) is 2.24. The summed E-state index contributed by atoms with van der Waals surface area (Å²) in [5.74, 6) is 1.76. The molecule has 0 aliphatic heterocycles. The molecule has 0 amide bonds. The summed E-state index contributed by atoms with van der Waals surface area (Å²) in [5.41, 5.74) is 2.59. The summed E-state index contributed by atoms with van der Waals surface area (Å²) in [7, 11) is 0.535. The quantitative estimate of drug-likeness (QED) is 0.178. The maximum atomic E-state index is 9.15. The van der Waals surface area contributed by atoms with Crippen molar-refractivity contribution >= 4 is 59.2 Å². The first-order valence-electron chi connectivity index (χ1n) is 8.72. The van der Waals surface area contributed by atoms with E-state index in [0.29, 0.717) is 24.0 Å². The van der Waals surface area contributed by atoms with Gasteiger partial charge in [0.05, 0.1) is 0 Å². The third-order valence-corrected chi connectivity index (χ3v) is 5.95. The second-order valence-corrected chi connectivity index (χ2v) is 8.50. The van der Waals surface area contributed by atoms with Gasteiger partial charge in [-0.1, -0.05) is 70.1 Å². The topological polar surface area (TPSA) is 106 Å². The molecule has 2 rings (SSSR count). The fraction of sp³-hybridized carbons (Fsp3) is 0.222. The van der Waals surface area contributed by atoms with Crippen LogP contribution < -0.4 is 10.9 Å². The van der Waals surface area contributed by atoms with Crippen LogP contribution in [0.5, 0.6) is 0 Å². The zero-order chi connectivity index (χ0) is 20.2. The Balaban J connectivity index is 1.58. The molecule has 4 N–H and O–H groups in total. The molecule has 0 aliphatic carbocycles. The highest BCUT2D eigenvalue weighted by Gasteiger charge is 2.10. The van der Waals surface area contributed by atoms with Gasteiger partial charge in [-0.15, -0.1) is 0 Å². The standard InChI is InChI=1S/C18H22B2N2O4S2/c23-19(24)17-5-1-3-15(11-17)13-21-7-9-27-28-10-8-22-14-16-4-2-6-18(12-16)20(25)26/h1-6,11-14,23-26H,7-10H2. The van der Waals surface area contributed by atoms with Crippen molar-refractivity contribution in [3.8, 4) is 0 Å². The van der Waals surface area contributed by atoms with E-state index < -0.39 is 14.2 Å². The van der Waals surface area contributed by atoms with Crippen LogP contribution in [0, 0.1) is 0 Å². The molecule has 6 nitrogen and oxygen atoms in total. The number of nitrogens with zero attached hydrogens (tertiary/aromatic N) is 2. The molecule has 0 radical (unpaired) electrons. The lowest BCUT2D eigenvalue weighted by Crippen LogP contribution is -2.29. The molecular weight excluding hydrogens is 394 g/mol. The summed E-state index contributed by atoms with van der Waals surface area (Å²) in [6, 6.07) is 14.0. The minimum Gasteiger partial charge on any atom is -0.423 e. The van der Waals surface area contributed by atoms with Crippen LogP contribution in [0.2, 0.25) is 0 Å². The minimum atomic E-state index is -1.46. The van der Waals surface area contributed by atoms with Gasteiger partial charge in [0.15, 0.2) is 0 Å². The van der Waals surface area contributed by atoms with Gasteiger partial charge >= 0.3 is 14.2 Å². The molecule has 0 aliphatic rings. The smallest absolute Gasteiger partial charge is 0.423 e. The van der Waals surface area contributed by atoms with Crippen molar-refractivity contribution < 1.29 is 20.1 Å². The summed E-state index contributed by atoms with van der Waals surface area (Å²) in [6.07, 6.45) is 3.47. The molecule has 0 unspecified atom stereocenters. The monoisotopic (exact) mass is 416 g/mol. The summed E-state index contributed by atoms with van der Waals surface area (Å²) < 4.78 is 0. The molecule has 0 fully saturated rings. The first-order valence-corrected chi connectivity index (χ1v) is 11.2. The molecule has 2 aromatic carbocycles. The van der Waals surface area contributed by atoms with Crippen LogP contribution in [0.4, 0.5) is 0 Å². The Hall–Kier alpha value is -1.55. The van der Waals surface area contributed by atoms with Crippen LogP contribution in [-0.4, -0.2) is 71.4 Å². The van der Waals surface area contributed by atoms with Crippen molar-refractivity contribution in [3.63, 3.8) is 0 Å². The predicted octanol–water partition coefficient (Wildman–Crippen LogP) is -0.0344. The van der Waals surface area contributed by atoms with Crippen LogP contribution in [-0.2, 0) is 0 Å². The number of hydrogen-bond acceptors (Lipinski definition) is 8. The number of hydrogen-bond donors (Lipinski definition) is 4. The van der Waals surface area contributed by atoms with Gasteiger partial charge in [-0.25, -0.2) is 0 Å². The second-order valence-electron chi connectivity index (χ2n) is 5.80. The van der Waals surface area contributed by atoms with Crippen molar-refractivity contribution in [2.75, 3.05) is 24.6 Å². The zero-order valence-electron chi connectivity index (χ0n) is 15.3. The van der Waals surface area contributed by atoms with E-state index in [-0.39, 0.29) is 0 Å². The van der Waals surface area contributed by atoms with E-state index in [1.54, 1.807) is 70.4 Å². The van der Waals surface area contributed by atoms with Crippen molar-refractivity contribution in [2.24, 2.45) is 9.98 Å². The summed E-state index contributed by atoms with van der Waals surface area (Å²) in [6.45, 7) is 1.37. The van der Waals surface area contributed by atoms with Gasteiger partial charge in [0.25, 0.3) is 0 Å². The SMILES string of the molecule is OB(O)c1cccc(C=NCCSSCCN=Cc2cccc(B(O)O)c2)c1. The highest BCUT2D eigenvalue weighted by Crippen LogP contribution is 2.20. The van der Waals surface area contributed by atoms with Crippen molar-refractivity contribution in [1.29, 1.82) is 0 Å². The summed E-state index contributed by atoms with van der Waals surface area (Å²) in [5, 5.41) is 36.6. The van der Waals surface area contributed by atoms with Crippen molar-refractivity contribution in [2.45, 2.75) is 0 Å². The Morgan fingerprint density at radius 3 is 1.54 bits per heavy atom. The molecule has 2 aromatic rings. The minimum absolute atomic E-state index is 0.453. The van der Waals surface area contributed by atoms with E-state index in [0.717, 1.165) is 22.6 Å². The van der Waals surface area contributed by atoms with Crippen LogP contribution in [0.3, 0.4) is 0 Å². The Bertz CT molecular complexity index is 726. The average molecular weight is 416 g/mol. The van der Waals surface area contributed by atoms with Gasteiger partial charge in [0, 0.05) is 37.0 Å². The van der Waals surface area contributed by atoms with Gasteiger partial charge in [0.2, 0.25) is 0 Å². The number of rotatable bonds is 11.